The molecule has 0 N–H and O–H groups in total. The summed E-state index contributed by atoms with van der Waals surface area (Å²) in [6, 6.07) is 0. The van der Waals surface area contributed by atoms with Gasteiger partial charge in [-0.3, -0.25) is 0 Å². The van der Waals surface area contributed by atoms with Gasteiger partial charge in [0.25, 0.3) is 0 Å². The molecule has 0 bridgehead atoms. The van der Waals surface area contributed by atoms with Crippen molar-refractivity contribution in [2.24, 2.45) is 0 Å². The van der Waals surface area contributed by atoms with Crippen LogP contribution in [0.5, 0.6) is 0 Å². The van der Waals surface area contributed by atoms with Gasteiger partial charge in [0, 0.05) is 0 Å². The second-order valence-electron chi connectivity index (χ2n) is 1.50. The summed E-state index contributed by atoms with van der Waals surface area (Å²) in [6.45, 7) is 0. The maximum Gasteiger partial charge on any atom is 2.00 e. The number of hydrogen-bond acceptors (Lipinski definition) is 4. The van der Waals surface area contributed by atoms with Crippen LogP contribution in [0, 0.1) is 0 Å². The van der Waals surface area contributed by atoms with Crippen LogP contribution in [0.4, 0.5) is 0 Å². The van der Waals surface area contributed by atoms with Gasteiger partial charge >= 0.3 is 23.1 Å². The van der Waals surface area contributed by atoms with Gasteiger partial charge in [-0.05, 0) is 14.1 Å². The molecular formula is C2H6B2MgNO3. The van der Waals surface area contributed by atoms with Crippen LogP contribution >= 0.6 is 0 Å². The maximum absolute atomic E-state index is 10.3. The zero-order chi connectivity index (χ0) is 6.57. The molecule has 0 spiro atoms. The van der Waals surface area contributed by atoms with E-state index in [1.165, 1.54) is 18.9 Å². The van der Waals surface area contributed by atoms with Crippen molar-refractivity contribution in [3.63, 3.8) is 0 Å². The Labute approximate surface area is 71.8 Å². The summed E-state index contributed by atoms with van der Waals surface area (Å²) in [5.41, 5.74) is 0. The van der Waals surface area contributed by atoms with Crippen molar-refractivity contribution in [2.45, 2.75) is 0 Å². The Kier molecular flexibility index (Phi) is 9.45. The van der Waals surface area contributed by atoms with Gasteiger partial charge in [0.15, 0.2) is 0 Å². The molecule has 0 fully saturated rings. The van der Waals surface area contributed by atoms with E-state index in [2.05, 4.69) is 4.57 Å². The molecule has 0 amide bonds. The molecule has 0 rings (SSSR count). The fourth-order valence-corrected chi connectivity index (χ4v) is 0.169. The van der Waals surface area contributed by atoms with E-state index >= 15 is 0 Å². The molecule has 0 aliphatic carbocycles. The zero-order valence-corrected chi connectivity index (χ0v) is 6.95. The first kappa shape index (κ1) is 12.4. The van der Waals surface area contributed by atoms with E-state index in [1.54, 1.807) is 0 Å². The molecule has 1 radical (unpaired) electrons. The first-order valence-corrected chi connectivity index (χ1v) is 2.10. The van der Waals surface area contributed by atoms with Crippen LogP contribution < -0.4 is 10.0 Å². The SMILES string of the molecule is CN(C)B([O-])O[B][O-].[Mg+2]. The van der Waals surface area contributed by atoms with Crippen molar-refractivity contribution in [1.29, 1.82) is 0 Å². The van der Waals surface area contributed by atoms with E-state index in [0.29, 0.717) is 0 Å². The summed E-state index contributed by atoms with van der Waals surface area (Å²) in [7, 11) is 1.83. The Hall–Kier alpha value is 0.736. The summed E-state index contributed by atoms with van der Waals surface area (Å²) in [4.78, 5) is 1.24. The zero-order valence-electron chi connectivity index (χ0n) is 5.53. The molecule has 0 aromatic heterocycles. The molecule has 0 aliphatic heterocycles. The minimum atomic E-state index is -1.37. The van der Waals surface area contributed by atoms with Gasteiger partial charge in [-0.15, -0.1) is 0 Å². The molecule has 0 unspecified atom stereocenters. The van der Waals surface area contributed by atoms with Crippen molar-refractivity contribution < 1.29 is 14.6 Å². The Morgan fingerprint density at radius 3 is 2.11 bits per heavy atom. The van der Waals surface area contributed by atoms with Crippen LogP contribution in [-0.4, -0.2) is 56.9 Å². The molecule has 0 heterocycles. The maximum atomic E-state index is 10.3. The third kappa shape index (κ3) is 6.62. The van der Waals surface area contributed by atoms with Crippen LogP contribution in [0.15, 0.2) is 0 Å². The van der Waals surface area contributed by atoms with Crippen molar-refractivity contribution in [3.05, 3.63) is 0 Å². The van der Waals surface area contributed by atoms with Gasteiger partial charge in [0.1, 0.15) is 7.69 Å². The number of nitrogens with zero attached hydrogens (tertiary/aromatic N) is 1. The second-order valence-corrected chi connectivity index (χ2v) is 1.50. The van der Waals surface area contributed by atoms with Crippen LogP contribution in [0.2, 0.25) is 0 Å². The van der Waals surface area contributed by atoms with Crippen molar-refractivity contribution in [3.8, 4) is 0 Å². The topological polar surface area (TPSA) is 58.6 Å². The largest absolute Gasteiger partial charge is 2.00 e. The summed E-state index contributed by atoms with van der Waals surface area (Å²) in [6.07, 6.45) is 0. The molecule has 4 nitrogen and oxygen atoms in total. The molecule has 9 heavy (non-hydrogen) atoms. The van der Waals surface area contributed by atoms with Crippen molar-refractivity contribution >= 4 is 38.0 Å². The van der Waals surface area contributed by atoms with Gasteiger partial charge < -0.3 is 19.4 Å². The third-order valence-electron chi connectivity index (χ3n) is 0.594. The van der Waals surface area contributed by atoms with Crippen LogP contribution in [0.25, 0.3) is 0 Å². The molecule has 7 heteroatoms. The summed E-state index contributed by atoms with van der Waals surface area (Å²) in [5, 5.41) is 19.8. The fraction of sp³-hybridized carbons (Fsp3) is 1.00. The smallest absolute Gasteiger partial charge is 0.862 e. The molecular weight excluding hydrogens is 132 g/mol. The molecule has 0 aromatic rings. The normalized spacial score (nSPS) is 8.56. The average molecular weight is 138 g/mol. The first-order valence-electron chi connectivity index (χ1n) is 2.10. The van der Waals surface area contributed by atoms with Crippen LogP contribution in [0.3, 0.4) is 0 Å². The standard InChI is InChI=1S/C2H6B2NO3.Mg/c1-5(2)4(7)8-3-6;/h1-2H3;/q-2;+2. The quantitative estimate of drug-likeness (QED) is 0.378. The summed E-state index contributed by atoms with van der Waals surface area (Å²) in [5.74, 6) is 0. The van der Waals surface area contributed by atoms with E-state index in [4.69, 9.17) is 0 Å². The number of hydrogen-bond donors (Lipinski definition) is 0. The van der Waals surface area contributed by atoms with Crippen molar-refractivity contribution in [1.82, 2.24) is 4.81 Å². The van der Waals surface area contributed by atoms with Crippen molar-refractivity contribution in [2.75, 3.05) is 14.1 Å². The minimum absolute atomic E-state index is 0. The van der Waals surface area contributed by atoms with Crippen LogP contribution in [-0.2, 0) is 4.57 Å². The molecule has 0 aliphatic rings. The van der Waals surface area contributed by atoms with E-state index in [1.807, 2.05) is 0 Å². The molecule has 0 saturated heterocycles. The molecule has 45 valence electrons. The Bertz CT molecular complexity index is 65.8. The van der Waals surface area contributed by atoms with Gasteiger partial charge in [-0.2, -0.15) is 0 Å². The van der Waals surface area contributed by atoms with Gasteiger partial charge in [-0.25, -0.2) is 0 Å². The van der Waals surface area contributed by atoms with E-state index < -0.39 is 7.25 Å². The van der Waals surface area contributed by atoms with E-state index in [-0.39, 0.29) is 30.7 Å². The first-order chi connectivity index (χ1) is 3.68. The van der Waals surface area contributed by atoms with Gasteiger partial charge in [-0.1, -0.05) is 0 Å². The van der Waals surface area contributed by atoms with Crippen LogP contribution in [0.1, 0.15) is 0 Å². The van der Waals surface area contributed by atoms with E-state index in [9.17, 15) is 10.0 Å². The molecule has 0 atom stereocenters. The third-order valence-corrected chi connectivity index (χ3v) is 0.594. The predicted molar refractivity (Wildman–Crippen MR) is 32.0 cm³/mol. The van der Waals surface area contributed by atoms with Gasteiger partial charge in [0.2, 0.25) is 7.25 Å². The fourth-order valence-electron chi connectivity index (χ4n) is 0.169. The average Bonchev–Trinajstić information content (AvgIpc) is 1.67. The van der Waals surface area contributed by atoms with Gasteiger partial charge in [0.05, 0.1) is 0 Å². The van der Waals surface area contributed by atoms with E-state index in [0.717, 1.165) is 0 Å². The Balaban J connectivity index is 0. The number of rotatable bonds is 3. The summed E-state index contributed by atoms with van der Waals surface area (Å²) < 4.78 is 3.99. The Morgan fingerprint density at radius 2 is 2.00 bits per heavy atom. The molecule has 0 saturated carbocycles. The minimum Gasteiger partial charge on any atom is -0.862 e. The molecule has 0 aromatic carbocycles. The summed E-state index contributed by atoms with van der Waals surface area (Å²) >= 11 is 0. The monoisotopic (exact) mass is 138 g/mol. The Morgan fingerprint density at radius 1 is 1.56 bits per heavy atom. The predicted octanol–water partition coefficient (Wildman–Crippen LogP) is -3.58. The second kappa shape index (κ2) is 6.85.